The number of hydrogen-bond acceptors (Lipinski definition) is 3. The van der Waals surface area contributed by atoms with Crippen LogP contribution in [0, 0.1) is 12.8 Å². The maximum atomic E-state index is 11.8. The zero-order valence-corrected chi connectivity index (χ0v) is 13.5. The second-order valence-electron chi connectivity index (χ2n) is 5.74. The van der Waals surface area contributed by atoms with Crippen molar-refractivity contribution in [3.05, 3.63) is 17.5 Å². The van der Waals surface area contributed by atoms with Crippen molar-refractivity contribution >= 4 is 5.91 Å². The summed E-state index contributed by atoms with van der Waals surface area (Å²) in [6.07, 6.45) is 8.70. The number of aromatic amines is 1. The van der Waals surface area contributed by atoms with Gasteiger partial charge in [-0.2, -0.15) is 5.10 Å². The minimum atomic E-state index is 0.164. The number of nitrogens with two attached hydrogens (primary N) is 1. The van der Waals surface area contributed by atoms with Gasteiger partial charge in [-0.05, 0) is 50.6 Å². The lowest BCUT2D eigenvalue weighted by Crippen LogP contribution is -2.25. The number of hydrogen-bond donors (Lipinski definition) is 3. The summed E-state index contributed by atoms with van der Waals surface area (Å²) in [7, 11) is 0. The summed E-state index contributed by atoms with van der Waals surface area (Å²) in [5.74, 6) is 0.761. The van der Waals surface area contributed by atoms with Crippen molar-refractivity contribution in [2.75, 3.05) is 13.1 Å². The average molecular weight is 294 g/mol. The van der Waals surface area contributed by atoms with E-state index in [0.29, 0.717) is 12.3 Å². The molecule has 0 radical (unpaired) electrons. The van der Waals surface area contributed by atoms with Gasteiger partial charge in [-0.15, -0.1) is 0 Å². The first-order valence-corrected chi connectivity index (χ1v) is 8.13. The summed E-state index contributed by atoms with van der Waals surface area (Å²) in [5, 5.41) is 9.93. The van der Waals surface area contributed by atoms with E-state index in [1.807, 2.05) is 13.1 Å². The maximum absolute atomic E-state index is 11.8. The topological polar surface area (TPSA) is 83.8 Å². The fourth-order valence-corrected chi connectivity index (χ4v) is 2.63. The third kappa shape index (κ3) is 7.27. The summed E-state index contributed by atoms with van der Waals surface area (Å²) in [4.78, 5) is 11.8. The van der Waals surface area contributed by atoms with Crippen molar-refractivity contribution in [3.63, 3.8) is 0 Å². The average Bonchev–Trinajstić information content (AvgIpc) is 2.87. The number of rotatable bonds is 11. The molecule has 0 aliphatic heterocycles. The van der Waals surface area contributed by atoms with E-state index in [0.717, 1.165) is 50.9 Å². The van der Waals surface area contributed by atoms with Crippen LogP contribution >= 0.6 is 0 Å². The zero-order valence-electron chi connectivity index (χ0n) is 13.5. The minimum absolute atomic E-state index is 0.164. The molecule has 1 rings (SSSR count). The Morgan fingerprint density at radius 2 is 2.24 bits per heavy atom. The minimum Gasteiger partial charge on any atom is -0.356 e. The van der Waals surface area contributed by atoms with Gasteiger partial charge in [-0.25, -0.2) is 0 Å². The van der Waals surface area contributed by atoms with E-state index in [2.05, 4.69) is 22.4 Å². The van der Waals surface area contributed by atoms with Gasteiger partial charge in [0, 0.05) is 18.7 Å². The Morgan fingerprint density at radius 1 is 1.43 bits per heavy atom. The molecule has 21 heavy (non-hydrogen) atoms. The van der Waals surface area contributed by atoms with Gasteiger partial charge in [-0.1, -0.05) is 19.8 Å². The number of carbonyl (C=O) groups is 1. The van der Waals surface area contributed by atoms with Gasteiger partial charge in [-0.3, -0.25) is 9.89 Å². The Morgan fingerprint density at radius 3 is 2.86 bits per heavy atom. The van der Waals surface area contributed by atoms with Crippen molar-refractivity contribution < 1.29 is 4.79 Å². The molecule has 4 N–H and O–H groups in total. The molecule has 1 aromatic heterocycles. The van der Waals surface area contributed by atoms with Gasteiger partial charge < -0.3 is 11.1 Å². The number of nitrogens with one attached hydrogen (secondary N) is 2. The molecule has 5 heteroatoms. The lowest BCUT2D eigenvalue weighted by atomic mass is 9.94. The van der Waals surface area contributed by atoms with E-state index < -0.39 is 0 Å². The molecular weight excluding hydrogens is 264 g/mol. The molecule has 5 nitrogen and oxygen atoms in total. The van der Waals surface area contributed by atoms with E-state index in [4.69, 9.17) is 5.73 Å². The van der Waals surface area contributed by atoms with Crippen LogP contribution < -0.4 is 11.1 Å². The predicted molar refractivity (Wildman–Crippen MR) is 86.0 cm³/mol. The molecule has 0 fully saturated rings. The number of nitrogens with zero attached hydrogens (tertiary/aromatic N) is 1. The van der Waals surface area contributed by atoms with Crippen molar-refractivity contribution in [1.82, 2.24) is 15.5 Å². The smallest absolute Gasteiger partial charge is 0.220 e. The van der Waals surface area contributed by atoms with Gasteiger partial charge in [0.15, 0.2) is 0 Å². The monoisotopic (exact) mass is 294 g/mol. The van der Waals surface area contributed by atoms with Gasteiger partial charge >= 0.3 is 0 Å². The second-order valence-corrected chi connectivity index (χ2v) is 5.74. The maximum Gasteiger partial charge on any atom is 0.220 e. The molecule has 0 aromatic carbocycles. The Balaban J connectivity index is 2.11. The molecule has 1 unspecified atom stereocenters. The molecule has 120 valence electrons. The fourth-order valence-electron chi connectivity index (χ4n) is 2.63. The summed E-state index contributed by atoms with van der Waals surface area (Å²) >= 11 is 0. The summed E-state index contributed by atoms with van der Waals surface area (Å²) in [5.41, 5.74) is 7.96. The van der Waals surface area contributed by atoms with Crippen molar-refractivity contribution in [2.45, 2.75) is 58.8 Å². The van der Waals surface area contributed by atoms with Crippen LogP contribution in [0.15, 0.2) is 6.20 Å². The summed E-state index contributed by atoms with van der Waals surface area (Å²) in [6, 6.07) is 0. The van der Waals surface area contributed by atoms with Gasteiger partial charge in [0.05, 0.1) is 6.20 Å². The van der Waals surface area contributed by atoms with E-state index in [1.165, 1.54) is 12.0 Å². The van der Waals surface area contributed by atoms with Crippen molar-refractivity contribution in [3.8, 4) is 0 Å². The highest BCUT2D eigenvalue weighted by Gasteiger charge is 2.10. The van der Waals surface area contributed by atoms with Gasteiger partial charge in [0.1, 0.15) is 0 Å². The molecule has 1 amide bonds. The van der Waals surface area contributed by atoms with Crippen LogP contribution in [-0.4, -0.2) is 29.2 Å². The Bertz CT molecular complexity index is 397. The quantitative estimate of drug-likeness (QED) is 0.548. The third-order valence-corrected chi connectivity index (χ3v) is 3.93. The normalized spacial score (nSPS) is 12.3. The molecule has 0 saturated carbocycles. The first-order chi connectivity index (χ1) is 10.2. The number of aromatic nitrogens is 2. The Labute approximate surface area is 128 Å². The highest BCUT2D eigenvalue weighted by atomic mass is 16.1. The zero-order chi connectivity index (χ0) is 15.5. The first kappa shape index (κ1) is 17.7. The van der Waals surface area contributed by atoms with Crippen LogP contribution in [0.1, 0.15) is 56.7 Å². The van der Waals surface area contributed by atoms with Gasteiger partial charge in [0.2, 0.25) is 5.91 Å². The van der Waals surface area contributed by atoms with E-state index in [1.54, 1.807) is 0 Å². The molecule has 0 spiro atoms. The van der Waals surface area contributed by atoms with Crippen LogP contribution in [0.5, 0.6) is 0 Å². The molecule has 0 aliphatic rings. The molecule has 0 aliphatic carbocycles. The number of carbonyl (C=O) groups excluding carboxylic acids is 1. The largest absolute Gasteiger partial charge is 0.356 e. The lowest BCUT2D eigenvalue weighted by molar-refractivity contribution is -0.121. The molecule has 0 saturated heterocycles. The molecule has 1 heterocycles. The molecule has 1 atom stereocenters. The van der Waals surface area contributed by atoms with Gasteiger partial charge in [0.25, 0.3) is 0 Å². The predicted octanol–water partition coefficient (Wildman–Crippen LogP) is 2.31. The highest BCUT2D eigenvalue weighted by Crippen LogP contribution is 2.16. The van der Waals surface area contributed by atoms with Crippen LogP contribution in [-0.2, 0) is 11.2 Å². The first-order valence-electron chi connectivity index (χ1n) is 8.13. The number of amides is 1. The Kier molecular flexibility index (Phi) is 8.74. The van der Waals surface area contributed by atoms with E-state index >= 15 is 0 Å². The molecule has 0 bridgehead atoms. The van der Waals surface area contributed by atoms with Crippen molar-refractivity contribution in [2.24, 2.45) is 11.7 Å². The lowest BCUT2D eigenvalue weighted by Gasteiger charge is -2.14. The SMILES string of the molecule is CCCC(CCN)CCC(=O)NCCCc1cn[nH]c1C. The number of aryl methyl sites for hydroxylation is 2. The third-order valence-electron chi connectivity index (χ3n) is 3.93. The second kappa shape index (κ2) is 10.4. The molecule has 1 aromatic rings. The van der Waals surface area contributed by atoms with Crippen molar-refractivity contribution in [1.29, 1.82) is 0 Å². The fraction of sp³-hybridized carbons (Fsp3) is 0.750. The van der Waals surface area contributed by atoms with E-state index in [9.17, 15) is 4.79 Å². The standard InChI is InChI=1S/C16H30N4O/c1-3-5-14(9-10-17)7-8-16(21)18-11-4-6-15-12-19-20-13(15)2/h12,14H,3-11,17H2,1-2H3,(H,18,21)(H,19,20). The highest BCUT2D eigenvalue weighted by molar-refractivity contribution is 5.75. The molecular formula is C16H30N4O. The van der Waals surface area contributed by atoms with E-state index in [-0.39, 0.29) is 5.91 Å². The van der Waals surface area contributed by atoms with Crippen LogP contribution in [0.3, 0.4) is 0 Å². The van der Waals surface area contributed by atoms with Crippen LogP contribution in [0.25, 0.3) is 0 Å². The Hall–Kier alpha value is -1.36. The summed E-state index contributed by atoms with van der Waals surface area (Å²) in [6.45, 7) is 5.66. The summed E-state index contributed by atoms with van der Waals surface area (Å²) < 4.78 is 0. The van der Waals surface area contributed by atoms with Crippen LogP contribution in [0.2, 0.25) is 0 Å². The van der Waals surface area contributed by atoms with Crippen LogP contribution in [0.4, 0.5) is 0 Å². The number of H-pyrrole nitrogens is 1.